The first-order valence-corrected chi connectivity index (χ1v) is 8.89. The predicted octanol–water partition coefficient (Wildman–Crippen LogP) is 5.61. The Morgan fingerprint density at radius 3 is 2.30 bits per heavy atom. The zero-order valence-electron chi connectivity index (χ0n) is 14.6. The van der Waals surface area contributed by atoms with Crippen LogP contribution in [0.15, 0.2) is 33.3 Å². The minimum absolute atomic E-state index is 0.597. The summed E-state index contributed by atoms with van der Waals surface area (Å²) in [6, 6.07) is 8.24. The van der Waals surface area contributed by atoms with Gasteiger partial charge < -0.3 is 14.7 Å². The maximum Gasteiger partial charge on any atom is 0.174 e. The topological polar surface area (TPSA) is 41.3 Å². The van der Waals surface area contributed by atoms with Crippen LogP contribution in [0.1, 0.15) is 33.5 Å². The molecule has 0 radical (unpaired) electrons. The molecule has 2 aromatic rings. The SMILES string of the molecule is Cc1cc(Nc2cc(Br)ccc2N(CC(C)C)CC(C)C)no1. The second-order valence-corrected chi connectivity index (χ2v) is 7.72. The van der Waals surface area contributed by atoms with Crippen molar-refractivity contribution in [2.24, 2.45) is 11.8 Å². The van der Waals surface area contributed by atoms with Gasteiger partial charge in [0.25, 0.3) is 0 Å². The summed E-state index contributed by atoms with van der Waals surface area (Å²) in [6.07, 6.45) is 0. The van der Waals surface area contributed by atoms with Gasteiger partial charge >= 0.3 is 0 Å². The van der Waals surface area contributed by atoms with Crippen molar-refractivity contribution in [1.82, 2.24) is 5.16 Å². The fourth-order valence-corrected chi connectivity index (χ4v) is 2.96. The molecule has 2 rings (SSSR count). The molecule has 0 unspecified atom stereocenters. The van der Waals surface area contributed by atoms with Gasteiger partial charge in [-0.25, -0.2) is 0 Å². The summed E-state index contributed by atoms with van der Waals surface area (Å²) >= 11 is 3.56. The van der Waals surface area contributed by atoms with Crippen molar-refractivity contribution in [1.29, 1.82) is 0 Å². The highest BCUT2D eigenvalue weighted by Crippen LogP contribution is 2.32. The third kappa shape index (κ3) is 5.27. The molecule has 0 aliphatic rings. The molecule has 1 aromatic heterocycles. The Kier molecular flexibility index (Phi) is 6.10. The fourth-order valence-electron chi connectivity index (χ4n) is 2.60. The van der Waals surface area contributed by atoms with E-state index in [-0.39, 0.29) is 0 Å². The molecule has 0 amide bonds. The van der Waals surface area contributed by atoms with Crippen LogP contribution in [-0.4, -0.2) is 18.2 Å². The highest BCUT2D eigenvalue weighted by molar-refractivity contribution is 9.10. The summed E-state index contributed by atoms with van der Waals surface area (Å²) in [4.78, 5) is 2.44. The molecule has 1 N–H and O–H groups in total. The lowest BCUT2D eigenvalue weighted by Gasteiger charge is -2.30. The van der Waals surface area contributed by atoms with Gasteiger partial charge in [-0.05, 0) is 37.0 Å². The van der Waals surface area contributed by atoms with Gasteiger partial charge in [0.15, 0.2) is 5.82 Å². The second kappa shape index (κ2) is 7.86. The molecule has 0 fully saturated rings. The third-order valence-electron chi connectivity index (χ3n) is 3.36. The first-order valence-electron chi connectivity index (χ1n) is 8.10. The molecule has 0 saturated carbocycles. The van der Waals surface area contributed by atoms with E-state index in [1.165, 1.54) is 5.69 Å². The van der Waals surface area contributed by atoms with E-state index >= 15 is 0 Å². The summed E-state index contributed by atoms with van der Waals surface area (Å²) in [5.74, 6) is 2.72. The zero-order valence-corrected chi connectivity index (χ0v) is 16.1. The van der Waals surface area contributed by atoms with Crippen LogP contribution in [0.25, 0.3) is 0 Å². The predicted molar refractivity (Wildman–Crippen MR) is 101 cm³/mol. The quantitative estimate of drug-likeness (QED) is 0.678. The van der Waals surface area contributed by atoms with E-state index in [1.807, 2.05) is 13.0 Å². The number of rotatable bonds is 7. The molecule has 5 heteroatoms. The van der Waals surface area contributed by atoms with Gasteiger partial charge in [-0.2, -0.15) is 0 Å². The number of hydrogen-bond donors (Lipinski definition) is 1. The molecule has 0 spiro atoms. The van der Waals surface area contributed by atoms with Crippen LogP contribution in [0, 0.1) is 18.8 Å². The number of anilines is 3. The van der Waals surface area contributed by atoms with E-state index in [0.29, 0.717) is 11.8 Å². The summed E-state index contributed by atoms with van der Waals surface area (Å²) in [5, 5.41) is 7.43. The molecular weight excluding hydrogens is 354 g/mol. The lowest BCUT2D eigenvalue weighted by Crippen LogP contribution is -2.31. The van der Waals surface area contributed by atoms with Gasteiger partial charge in [0.05, 0.1) is 11.4 Å². The zero-order chi connectivity index (χ0) is 17.0. The standard InChI is InChI=1S/C18H26BrN3O/c1-12(2)10-22(11-13(3)4)17-7-6-15(19)9-16(17)20-18-8-14(5)23-21-18/h6-9,12-13H,10-11H2,1-5H3,(H,20,21). The molecule has 1 aromatic carbocycles. The average Bonchev–Trinajstić information content (AvgIpc) is 2.82. The van der Waals surface area contributed by atoms with Crippen LogP contribution in [0.4, 0.5) is 17.2 Å². The molecule has 0 atom stereocenters. The van der Waals surface area contributed by atoms with Gasteiger partial charge in [-0.15, -0.1) is 0 Å². The number of aromatic nitrogens is 1. The highest BCUT2D eigenvalue weighted by atomic mass is 79.9. The number of halogens is 1. The summed E-state index contributed by atoms with van der Waals surface area (Å²) in [6.45, 7) is 12.9. The van der Waals surface area contributed by atoms with Gasteiger partial charge in [0, 0.05) is 23.6 Å². The van der Waals surface area contributed by atoms with Crippen LogP contribution >= 0.6 is 15.9 Å². The van der Waals surface area contributed by atoms with Crippen molar-refractivity contribution in [2.45, 2.75) is 34.6 Å². The molecular formula is C18H26BrN3O. The molecule has 23 heavy (non-hydrogen) atoms. The number of nitrogens with zero attached hydrogens (tertiary/aromatic N) is 2. The molecule has 0 aliphatic carbocycles. The summed E-state index contributed by atoms with van der Waals surface area (Å²) in [5.41, 5.74) is 2.23. The van der Waals surface area contributed by atoms with Crippen LogP contribution in [0.3, 0.4) is 0 Å². The van der Waals surface area contributed by atoms with E-state index in [9.17, 15) is 0 Å². The number of nitrogens with one attached hydrogen (secondary N) is 1. The monoisotopic (exact) mass is 379 g/mol. The average molecular weight is 380 g/mol. The molecule has 4 nitrogen and oxygen atoms in total. The fraction of sp³-hybridized carbons (Fsp3) is 0.500. The van der Waals surface area contributed by atoms with Gasteiger partial charge in [-0.3, -0.25) is 0 Å². The number of aryl methyl sites for hydroxylation is 1. The van der Waals surface area contributed by atoms with E-state index in [1.54, 1.807) is 0 Å². The van der Waals surface area contributed by atoms with E-state index in [4.69, 9.17) is 4.52 Å². The Morgan fingerprint density at radius 1 is 1.13 bits per heavy atom. The second-order valence-electron chi connectivity index (χ2n) is 6.80. The van der Waals surface area contributed by atoms with Crippen molar-refractivity contribution >= 4 is 33.1 Å². The van der Waals surface area contributed by atoms with E-state index in [0.717, 1.165) is 34.8 Å². The van der Waals surface area contributed by atoms with Crippen molar-refractivity contribution in [3.05, 3.63) is 34.5 Å². The molecule has 0 aliphatic heterocycles. The Bertz CT molecular complexity index is 627. The molecule has 0 saturated heterocycles. The van der Waals surface area contributed by atoms with Gasteiger partial charge in [0.2, 0.25) is 0 Å². The Labute approximate surface area is 147 Å². The number of hydrogen-bond acceptors (Lipinski definition) is 4. The maximum atomic E-state index is 5.16. The number of benzene rings is 1. The Balaban J connectivity index is 2.34. The van der Waals surface area contributed by atoms with Crippen molar-refractivity contribution in [3.8, 4) is 0 Å². The largest absolute Gasteiger partial charge is 0.369 e. The Hall–Kier alpha value is -1.49. The smallest absolute Gasteiger partial charge is 0.174 e. The normalized spacial score (nSPS) is 11.3. The third-order valence-corrected chi connectivity index (χ3v) is 3.85. The minimum atomic E-state index is 0.597. The van der Waals surface area contributed by atoms with Crippen LogP contribution in [0.2, 0.25) is 0 Å². The summed E-state index contributed by atoms with van der Waals surface area (Å²) in [7, 11) is 0. The molecule has 0 bridgehead atoms. The van der Waals surface area contributed by atoms with Crippen molar-refractivity contribution in [3.63, 3.8) is 0 Å². The van der Waals surface area contributed by atoms with Crippen molar-refractivity contribution < 1.29 is 4.52 Å². The minimum Gasteiger partial charge on any atom is -0.369 e. The van der Waals surface area contributed by atoms with Crippen LogP contribution in [-0.2, 0) is 0 Å². The van der Waals surface area contributed by atoms with Crippen LogP contribution in [0.5, 0.6) is 0 Å². The lowest BCUT2D eigenvalue weighted by atomic mass is 10.1. The summed E-state index contributed by atoms with van der Waals surface area (Å²) < 4.78 is 6.20. The highest BCUT2D eigenvalue weighted by Gasteiger charge is 2.15. The maximum absolute atomic E-state index is 5.16. The van der Waals surface area contributed by atoms with Gasteiger partial charge in [-0.1, -0.05) is 48.8 Å². The van der Waals surface area contributed by atoms with Crippen LogP contribution < -0.4 is 10.2 Å². The lowest BCUT2D eigenvalue weighted by molar-refractivity contribution is 0.400. The first-order chi connectivity index (χ1) is 10.8. The molecule has 126 valence electrons. The Morgan fingerprint density at radius 2 is 1.78 bits per heavy atom. The first kappa shape index (κ1) is 17.9. The van der Waals surface area contributed by atoms with E-state index < -0.39 is 0 Å². The van der Waals surface area contributed by atoms with Crippen molar-refractivity contribution in [2.75, 3.05) is 23.3 Å². The van der Waals surface area contributed by atoms with E-state index in [2.05, 4.69) is 77.2 Å². The van der Waals surface area contributed by atoms with Gasteiger partial charge in [0.1, 0.15) is 5.76 Å². The molecule has 1 heterocycles.